The van der Waals surface area contributed by atoms with E-state index in [-0.39, 0.29) is 6.03 Å². The summed E-state index contributed by atoms with van der Waals surface area (Å²) >= 11 is 1.59. The van der Waals surface area contributed by atoms with Gasteiger partial charge in [-0.3, -0.25) is 4.90 Å². The van der Waals surface area contributed by atoms with Crippen molar-refractivity contribution in [3.05, 3.63) is 23.8 Å². The van der Waals surface area contributed by atoms with Gasteiger partial charge in [0, 0.05) is 25.7 Å². The quantitative estimate of drug-likeness (QED) is 0.818. The van der Waals surface area contributed by atoms with Crippen molar-refractivity contribution >= 4 is 39.8 Å². The number of benzene rings is 1. The fourth-order valence-electron chi connectivity index (χ4n) is 3.47. The second kappa shape index (κ2) is 7.73. The van der Waals surface area contributed by atoms with E-state index in [1.165, 1.54) is 5.56 Å². The number of rotatable bonds is 4. The molecular formula is C19H24N6O2S. The van der Waals surface area contributed by atoms with Crippen molar-refractivity contribution in [1.82, 2.24) is 20.2 Å². The molecule has 1 aromatic heterocycles. The molecule has 2 N–H and O–H groups in total. The maximum Gasteiger partial charge on any atom is 0.341 e. The number of carbonyl (C=O) groups excluding carboxylic acids is 1. The number of H-pyrrole nitrogens is 1. The summed E-state index contributed by atoms with van der Waals surface area (Å²) in [7, 11) is 0. The predicted molar refractivity (Wildman–Crippen MR) is 111 cm³/mol. The zero-order valence-corrected chi connectivity index (χ0v) is 16.5. The Hall–Kier alpha value is -2.10. The van der Waals surface area contributed by atoms with Gasteiger partial charge in [0.2, 0.25) is 5.95 Å². The third-order valence-corrected chi connectivity index (χ3v) is 6.18. The van der Waals surface area contributed by atoms with E-state index in [1.807, 2.05) is 0 Å². The highest BCUT2D eigenvalue weighted by Gasteiger charge is 2.26. The summed E-state index contributed by atoms with van der Waals surface area (Å²) in [6, 6.07) is 6.52. The summed E-state index contributed by atoms with van der Waals surface area (Å²) in [5, 5.41) is 3.74. The summed E-state index contributed by atoms with van der Waals surface area (Å²) < 4.78 is 5.42. The number of aliphatic imine (C=N–C) groups is 1. The summed E-state index contributed by atoms with van der Waals surface area (Å²) in [6.45, 7) is 5.13. The summed E-state index contributed by atoms with van der Waals surface area (Å²) in [5.41, 5.74) is 3.28. The Labute approximate surface area is 167 Å². The topological polar surface area (TPSA) is 85.8 Å². The number of aromatic nitrogens is 2. The van der Waals surface area contributed by atoms with Crippen molar-refractivity contribution in [2.75, 3.05) is 43.6 Å². The van der Waals surface area contributed by atoms with Gasteiger partial charge in [-0.25, -0.2) is 9.78 Å². The third kappa shape index (κ3) is 4.16. The number of anilines is 1. The van der Waals surface area contributed by atoms with Crippen molar-refractivity contribution in [2.45, 2.75) is 25.4 Å². The first-order valence-corrected chi connectivity index (χ1v) is 10.8. The van der Waals surface area contributed by atoms with Crippen LogP contribution in [0.1, 0.15) is 18.4 Å². The molecule has 0 radical (unpaired) electrons. The van der Waals surface area contributed by atoms with Crippen LogP contribution in [0.25, 0.3) is 11.0 Å². The van der Waals surface area contributed by atoms with Crippen LogP contribution in [0.5, 0.6) is 0 Å². The molecule has 2 aromatic rings. The van der Waals surface area contributed by atoms with E-state index < -0.39 is 0 Å². The number of urea groups is 1. The minimum absolute atomic E-state index is 0.218. The molecule has 8 nitrogen and oxygen atoms in total. The number of carbonyl (C=O) groups is 1. The van der Waals surface area contributed by atoms with Crippen molar-refractivity contribution in [3.8, 4) is 0 Å². The van der Waals surface area contributed by atoms with Gasteiger partial charge in [0.1, 0.15) is 5.04 Å². The highest BCUT2D eigenvalue weighted by Crippen LogP contribution is 2.26. The largest absolute Gasteiger partial charge is 0.379 e. The highest BCUT2D eigenvalue weighted by atomic mass is 32.2. The minimum atomic E-state index is -0.218. The van der Waals surface area contributed by atoms with Crippen molar-refractivity contribution in [2.24, 2.45) is 4.99 Å². The average molecular weight is 401 g/mol. The number of morpholine rings is 1. The lowest BCUT2D eigenvalue weighted by Crippen LogP contribution is -2.35. The lowest BCUT2D eigenvalue weighted by Gasteiger charge is -2.26. The van der Waals surface area contributed by atoms with Crippen molar-refractivity contribution < 1.29 is 9.53 Å². The molecule has 0 bridgehead atoms. The molecule has 1 aromatic carbocycles. The Morgan fingerprint density at radius 1 is 1.36 bits per heavy atom. The van der Waals surface area contributed by atoms with Crippen LogP contribution in [0, 0.1) is 0 Å². The molecule has 1 aliphatic carbocycles. The molecule has 2 aliphatic heterocycles. The van der Waals surface area contributed by atoms with Gasteiger partial charge >= 0.3 is 6.03 Å². The van der Waals surface area contributed by atoms with Crippen molar-refractivity contribution in [3.63, 3.8) is 0 Å². The second-order valence-corrected chi connectivity index (χ2v) is 8.52. The lowest BCUT2D eigenvalue weighted by atomic mass is 10.2. The Kier molecular flexibility index (Phi) is 4.96. The first-order chi connectivity index (χ1) is 13.7. The number of nitrogens with one attached hydrogen (secondary N) is 2. The molecule has 2 saturated heterocycles. The molecule has 3 heterocycles. The van der Waals surface area contributed by atoms with Crippen LogP contribution in [-0.2, 0) is 11.3 Å². The fraction of sp³-hybridized carbons (Fsp3) is 0.526. The molecule has 9 heteroatoms. The van der Waals surface area contributed by atoms with Crippen LogP contribution in [-0.4, -0.2) is 70.7 Å². The Morgan fingerprint density at radius 2 is 2.21 bits per heavy atom. The van der Waals surface area contributed by atoms with E-state index in [2.05, 4.69) is 43.3 Å². The average Bonchev–Trinajstić information content (AvgIpc) is 3.22. The molecule has 28 heavy (non-hydrogen) atoms. The van der Waals surface area contributed by atoms with Gasteiger partial charge in [-0.15, -0.1) is 0 Å². The van der Waals surface area contributed by atoms with E-state index in [0.717, 1.165) is 73.6 Å². The Morgan fingerprint density at radius 3 is 3.04 bits per heavy atom. The zero-order chi connectivity index (χ0) is 18.9. The molecular weight excluding hydrogens is 376 g/mol. The smallest absolute Gasteiger partial charge is 0.341 e. The predicted octanol–water partition coefficient (Wildman–Crippen LogP) is 2.18. The molecule has 0 atom stereocenters. The Bertz CT molecular complexity index is 903. The fourth-order valence-corrected chi connectivity index (χ4v) is 4.38. The number of ether oxygens (including phenoxy) is 1. The number of fused-ring (bicyclic) bond motifs is 1. The van der Waals surface area contributed by atoms with Gasteiger partial charge in [0.15, 0.2) is 0 Å². The van der Waals surface area contributed by atoms with E-state index in [1.54, 1.807) is 11.8 Å². The first-order valence-electron chi connectivity index (χ1n) is 9.77. The van der Waals surface area contributed by atoms with Crippen LogP contribution in [0.3, 0.4) is 0 Å². The van der Waals surface area contributed by atoms with Crippen molar-refractivity contribution in [1.29, 1.82) is 0 Å². The van der Waals surface area contributed by atoms with E-state index in [4.69, 9.17) is 9.72 Å². The monoisotopic (exact) mass is 400 g/mol. The second-order valence-electron chi connectivity index (χ2n) is 7.50. The number of hydrogen-bond donors (Lipinski definition) is 2. The third-order valence-electron chi connectivity index (χ3n) is 5.19. The number of hydrogen-bond acceptors (Lipinski definition) is 6. The van der Waals surface area contributed by atoms with Gasteiger partial charge in [-0.1, -0.05) is 17.8 Å². The molecule has 2 amide bonds. The molecule has 0 spiro atoms. The van der Waals surface area contributed by atoms with Gasteiger partial charge in [0.25, 0.3) is 0 Å². The molecule has 5 rings (SSSR count). The van der Waals surface area contributed by atoms with E-state index in [9.17, 15) is 4.79 Å². The van der Waals surface area contributed by atoms with Crippen LogP contribution < -0.4 is 10.2 Å². The molecule has 148 valence electrons. The van der Waals surface area contributed by atoms with Gasteiger partial charge in [-0.2, -0.15) is 4.99 Å². The normalized spacial score (nSPS) is 22.3. The van der Waals surface area contributed by atoms with E-state index in [0.29, 0.717) is 12.6 Å². The molecule has 0 unspecified atom stereocenters. The van der Waals surface area contributed by atoms with Crippen LogP contribution in [0.4, 0.5) is 10.7 Å². The maximum absolute atomic E-state index is 11.9. The summed E-state index contributed by atoms with van der Waals surface area (Å²) in [4.78, 5) is 28.8. The molecule has 3 fully saturated rings. The number of nitrogens with zero attached hydrogens (tertiary/aromatic N) is 4. The van der Waals surface area contributed by atoms with Crippen LogP contribution >= 0.6 is 11.8 Å². The summed E-state index contributed by atoms with van der Waals surface area (Å²) in [5.74, 6) is 1.58. The van der Waals surface area contributed by atoms with Gasteiger partial charge < -0.3 is 19.9 Å². The first kappa shape index (κ1) is 18.0. The van der Waals surface area contributed by atoms with Crippen LogP contribution in [0.2, 0.25) is 0 Å². The van der Waals surface area contributed by atoms with Gasteiger partial charge in [0.05, 0.1) is 36.7 Å². The number of aromatic amines is 1. The van der Waals surface area contributed by atoms with Gasteiger partial charge in [-0.05, 0) is 30.5 Å². The Balaban J connectivity index is 1.25. The molecule has 1 saturated carbocycles. The zero-order valence-electron chi connectivity index (χ0n) is 15.7. The van der Waals surface area contributed by atoms with Crippen LogP contribution in [0.15, 0.2) is 23.2 Å². The number of amides is 2. The number of imidazole rings is 1. The molecule has 3 aliphatic rings. The lowest BCUT2D eigenvalue weighted by molar-refractivity contribution is 0.0342. The minimum Gasteiger partial charge on any atom is -0.379 e. The highest BCUT2D eigenvalue weighted by molar-refractivity contribution is 8.14. The maximum atomic E-state index is 11.9. The SMILES string of the molecule is O=C(N=C1CN(c2nc3ccc(CN4CCOCC4)cc3[nH]2)CS1)NC1CC1. The number of thioether (sulfide) groups is 1. The standard InChI is InChI=1S/C19H24N6O2S/c26-19(20-14-2-3-14)23-17-11-25(12-28-17)18-21-15-4-1-13(9-16(15)22-18)10-24-5-7-27-8-6-24/h1,4,9,14H,2-3,5-8,10-12H2,(H,20,26)(H,21,22). The van der Waals surface area contributed by atoms with E-state index >= 15 is 0 Å². The summed E-state index contributed by atoms with van der Waals surface area (Å²) in [6.07, 6.45) is 2.14.